The number of carbonyl (C=O) groups is 4. The van der Waals surface area contributed by atoms with Gasteiger partial charge in [-0.25, -0.2) is 4.79 Å². The molecule has 8 nitrogen and oxygen atoms in total. The van der Waals surface area contributed by atoms with E-state index in [2.05, 4.69) is 40.2 Å². The van der Waals surface area contributed by atoms with Gasteiger partial charge in [-0.3, -0.25) is 19.7 Å². The van der Waals surface area contributed by atoms with Crippen LogP contribution < -0.4 is 16.0 Å². The van der Waals surface area contributed by atoms with Crippen LogP contribution in [0, 0.1) is 5.92 Å². The molecule has 218 valence electrons. The Morgan fingerprint density at radius 1 is 0.825 bits per heavy atom. The third-order valence-corrected chi connectivity index (χ3v) is 6.51. The molecule has 3 N–H and O–H groups in total. The number of unbranched alkanes of at least 4 members (excludes halogenated alkanes) is 1. The molecule has 0 unspecified atom stereocenters. The van der Waals surface area contributed by atoms with Gasteiger partial charge in [0.2, 0.25) is 17.7 Å². The molecular formula is C32H45N3O5. The average molecular weight is 552 g/mol. The molecule has 0 aliphatic carbocycles. The first-order valence-corrected chi connectivity index (χ1v) is 14.2. The third kappa shape index (κ3) is 12.9. The van der Waals surface area contributed by atoms with E-state index in [4.69, 9.17) is 4.74 Å². The third-order valence-electron chi connectivity index (χ3n) is 6.51. The van der Waals surface area contributed by atoms with Crippen molar-refractivity contribution in [3.63, 3.8) is 0 Å². The zero-order chi connectivity index (χ0) is 29.5. The lowest BCUT2D eigenvalue weighted by Crippen LogP contribution is -2.51. The van der Waals surface area contributed by atoms with Crippen LogP contribution in [0.15, 0.2) is 54.6 Å². The van der Waals surface area contributed by atoms with E-state index in [1.54, 1.807) is 20.8 Å². The molecule has 8 heteroatoms. The zero-order valence-electron chi connectivity index (χ0n) is 24.5. The van der Waals surface area contributed by atoms with Crippen molar-refractivity contribution in [3.8, 4) is 0 Å². The number of hydrogen-bond donors (Lipinski definition) is 3. The van der Waals surface area contributed by atoms with Crippen molar-refractivity contribution >= 4 is 23.8 Å². The fraction of sp³-hybridized carbons (Fsp3) is 0.500. The molecule has 4 amide bonds. The highest BCUT2D eigenvalue weighted by Crippen LogP contribution is 2.13. The van der Waals surface area contributed by atoms with E-state index in [9.17, 15) is 19.2 Å². The Morgan fingerprint density at radius 3 is 1.98 bits per heavy atom. The maximum atomic E-state index is 12.7. The van der Waals surface area contributed by atoms with Crippen molar-refractivity contribution in [1.82, 2.24) is 16.0 Å². The fourth-order valence-corrected chi connectivity index (χ4v) is 4.12. The first-order chi connectivity index (χ1) is 19.0. The highest BCUT2D eigenvalue weighted by molar-refractivity contribution is 5.96. The van der Waals surface area contributed by atoms with Gasteiger partial charge < -0.3 is 15.4 Å². The quantitative estimate of drug-likeness (QED) is 0.290. The van der Waals surface area contributed by atoms with Gasteiger partial charge in [-0.15, -0.1) is 0 Å². The average Bonchev–Trinajstić information content (AvgIpc) is 2.89. The molecule has 0 saturated carbocycles. The Bertz CT molecular complexity index is 1090. The molecule has 0 aliphatic rings. The number of nitrogens with one attached hydrogen (secondary N) is 3. The minimum absolute atomic E-state index is 0.0415. The normalized spacial score (nSPS) is 12.6. The molecule has 0 spiro atoms. The highest BCUT2D eigenvalue weighted by atomic mass is 16.6. The Hall–Kier alpha value is -3.68. The Morgan fingerprint density at radius 2 is 1.40 bits per heavy atom. The van der Waals surface area contributed by atoms with Crippen molar-refractivity contribution in [2.75, 3.05) is 6.54 Å². The van der Waals surface area contributed by atoms with Crippen molar-refractivity contribution in [2.24, 2.45) is 5.92 Å². The highest BCUT2D eigenvalue weighted by Gasteiger charge is 2.28. The summed E-state index contributed by atoms with van der Waals surface area (Å²) in [7, 11) is 0. The topological polar surface area (TPSA) is 114 Å². The monoisotopic (exact) mass is 551 g/mol. The van der Waals surface area contributed by atoms with E-state index >= 15 is 0 Å². The lowest BCUT2D eigenvalue weighted by Gasteiger charge is -2.26. The Labute approximate surface area is 238 Å². The molecule has 2 rings (SSSR count). The molecule has 0 heterocycles. The van der Waals surface area contributed by atoms with Gasteiger partial charge in [0, 0.05) is 13.0 Å². The molecule has 0 fully saturated rings. The Kier molecular flexibility index (Phi) is 13.4. The largest absolute Gasteiger partial charge is 0.444 e. The van der Waals surface area contributed by atoms with Crippen LogP contribution in [0.5, 0.6) is 0 Å². The van der Waals surface area contributed by atoms with E-state index in [0.29, 0.717) is 6.42 Å². The maximum Gasteiger partial charge on any atom is 0.408 e. The summed E-state index contributed by atoms with van der Waals surface area (Å²) in [6.45, 7) is 9.05. The molecule has 2 aromatic carbocycles. The minimum Gasteiger partial charge on any atom is -0.444 e. The molecule has 0 aliphatic heterocycles. The first kappa shape index (κ1) is 32.5. The van der Waals surface area contributed by atoms with E-state index in [0.717, 1.165) is 31.2 Å². The van der Waals surface area contributed by atoms with Gasteiger partial charge in [0.25, 0.3) is 0 Å². The number of carbonyl (C=O) groups excluding carboxylic acids is 4. The number of benzene rings is 2. The van der Waals surface area contributed by atoms with Crippen LogP contribution in [0.3, 0.4) is 0 Å². The predicted molar refractivity (Wildman–Crippen MR) is 157 cm³/mol. The van der Waals surface area contributed by atoms with Crippen molar-refractivity contribution < 1.29 is 23.9 Å². The van der Waals surface area contributed by atoms with Gasteiger partial charge in [-0.1, -0.05) is 74.9 Å². The van der Waals surface area contributed by atoms with Crippen LogP contribution in [-0.4, -0.2) is 42.0 Å². The van der Waals surface area contributed by atoms with Crippen molar-refractivity contribution in [3.05, 3.63) is 71.3 Å². The van der Waals surface area contributed by atoms with Gasteiger partial charge in [0.05, 0.1) is 6.42 Å². The molecule has 0 bridgehead atoms. The molecular weight excluding hydrogens is 506 g/mol. The van der Waals surface area contributed by atoms with E-state index < -0.39 is 35.5 Å². The summed E-state index contributed by atoms with van der Waals surface area (Å²) in [4.78, 5) is 49.4. The SMILES string of the molecule is CC[C@H](C)[C@H](NC(=O)OC(C)(C)C)C(=O)NCCC(=O)NC(=O)Cc1ccc(CCCCc2ccccc2)cc1. The lowest BCUT2D eigenvalue weighted by atomic mass is 9.98. The molecule has 0 saturated heterocycles. The van der Waals surface area contributed by atoms with Crippen LogP contribution in [-0.2, 0) is 38.4 Å². The lowest BCUT2D eigenvalue weighted by molar-refractivity contribution is -0.130. The van der Waals surface area contributed by atoms with Gasteiger partial charge in [0.15, 0.2) is 0 Å². The summed E-state index contributed by atoms with van der Waals surface area (Å²) < 4.78 is 5.26. The van der Waals surface area contributed by atoms with Gasteiger partial charge in [0.1, 0.15) is 11.6 Å². The summed E-state index contributed by atoms with van der Waals surface area (Å²) >= 11 is 0. The second-order valence-electron chi connectivity index (χ2n) is 11.2. The molecule has 2 atom stereocenters. The smallest absolute Gasteiger partial charge is 0.408 e. The van der Waals surface area contributed by atoms with Crippen molar-refractivity contribution in [2.45, 2.75) is 91.2 Å². The second-order valence-corrected chi connectivity index (χ2v) is 11.2. The fourth-order valence-electron chi connectivity index (χ4n) is 4.12. The van der Waals surface area contributed by atoms with E-state index in [-0.39, 0.29) is 25.3 Å². The summed E-state index contributed by atoms with van der Waals surface area (Å²) in [6, 6.07) is 17.6. The molecule has 2 aromatic rings. The zero-order valence-corrected chi connectivity index (χ0v) is 24.5. The number of imide groups is 1. The number of hydrogen-bond acceptors (Lipinski definition) is 5. The maximum absolute atomic E-state index is 12.7. The molecule has 40 heavy (non-hydrogen) atoms. The van der Waals surface area contributed by atoms with Crippen LogP contribution in [0.1, 0.15) is 77.0 Å². The van der Waals surface area contributed by atoms with Gasteiger partial charge in [-0.05, 0) is 69.1 Å². The molecule has 0 aromatic heterocycles. The summed E-state index contributed by atoms with van der Waals surface area (Å²) in [5, 5.41) is 7.67. The van der Waals surface area contributed by atoms with Crippen LogP contribution >= 0.6 is 0 Å². The first-order valence-electron chi connectivity index (χ1n) is 14.2. The van der Waals surface area contributed by atoms with Crippen LogP contribution in [0.4, 0.5) is 4.79 Å². The predicted octanol–water partition coefficient (Wildman–Crippen LogP) is 4.88. The van der Waals surface area contributed by atoms with Crippen molar-refractivity contribution in [1.29, 1.82) is 0 Å². The van der Waals surface area contributed by atoms with Crippen LogP contribution in [0.25, 0.3) is 0 Å². The number of rotatable bonds is 14. The van der Waals surface area contributed by atoms with Gasteiger partial charge >= 0.3 is 6.09 Å². The van der Waals surface area contributed by atoms with E-state index in [1.807, 2.05) is 44.2 Å². The Balaban J connectivity index is 1.70. The van der Waals surface area contributed by atoms with E-state index in [1.165, 1.54) is 11.1 Å². The van der Waals surface area contributed by atoms with Crippen LogP contribution in [0.2, 0.25) is 0 Å². The number of alkyl carbamates (subject to hydrolysis) is 1. The molecule has 0 radical (unpaired) electrons. The van der Waals surface area contributed by atoms with Gasteiger partial charge in [-0.2, -0.15) is 0 Å². The second kappa shape index (κ2) is 16.4. The standard InChI is InChI=1S/C32H45N3O5/c1-6-23(2)29(35-31(39)40-32(3,4)5)30(38)33-21-20-27(36)34-28(37)22-26-18-16-25(17-19-26)15-11-10-14-24-12-8-7-9-13-24/h7-9,12-13,16-19,23,29H,6,10-11,14-15,20-22H2,1-5H3,(H,33,38)(H,35,39)(H,34,36,37)/t23-,29-/m0/s1. The minimum atomic E-state index is -0.795. The summed E-state index contributed by atoms with van der Waals surface area (Å²) in [5.41, 5.74) is 2.72. The number of amides is 4. The number of aryl methyl sites for hydroxylation is 2. The summed E-state index contributed by atoms with van der Waals surface area (Å²) in [5.74, 6) is -1.40. The number of ether oxygens (including phenoxy) is 1. The summed E-state index contributed by atoms with van der Waals surface area (Å²) in [6.07, 6.45) is 4.30.